The summed E-state index contributed by atoms with van der Waals surface area (Å²) >= 11 is 4.89. The van der Waals surface area contributed by atoms with Gasteiger partial charge in [0, 0.05) is 24.2 Å². The lowest BCUT2D eigenvalue weighted by Gasteiger charge is -2.27. The normalized spacial score (nSPS) is 23.7. The molecule has 0 saturated carbocycles. The first kappa shape index (κ1) is 14.4. The summed E-state index contributed by atoms with van der Waals surface area (Å²) in [5.74, 6) is -0.335. The monoisotopic (exact) mass is 280 g/mol. The van der Waals surface area contributed by atoms with Gasteiger partial charge in [0.25, 0.3) is 0 Å². The van der Waals surface area contributed by atoms with E-state index in [2.05, 4.69) is 18.7 Å². The highest BCUT2D eigenvalue weighted by molar-refractivity contribution is 7.80. The number of halogens is 1. The summed E-state index contributed by atoms with van der Waals surface area (Å²) < 4.78 is 13.6. The lowest BCUT2D eigenvalue weighted by atomic mass is 10.1. The van der Waals surface area contributed by atoms with Gasteiger partial charge in [0.15, 0.2) is 0 Å². The topological polar surface area (TPSA) is 29.3 Å². The zero-order valence-corrected chi connectivity index (χ0v) is 12.3. The van der Waals surface area contributed by atoms with Gasteiger partial charge in [-0.05, 0) is 43.9 Å². The molecule has 0 amide bonds. The van der Waals surface area contributed by atoms with Gasteiger partial charge in [-0.15, -0.1) is 0 Å². The van der Waals surface area contributed by atoms with Crippen molar-refractivity contribution in [2.24, 2.45) is 5.73 Å². The fourth-order valence-corrected chi connectivity index (χ4v) is 3.08. The van der Waals surface area contributed by atoms with Crippen LogP contribution in [-0.4, -0.2) is 22.0 Å². The average Bonchev–Trinajstić information content (AvgIpc) is 2.72. The molecule has 2 nitrogen and oxygen atoms in total. The lowest BCUT2D eigenvalue weighted by Crippen LogP contribution is -2.33. The molecule has 1 heterocycles. The highest BCUT2D eigenvalue weighted by atomic mass is 32.1. The smallest absolute Gasteiger partial charge is 0.133 e. The zero-order chi connectivity index (χ0) is 14.0. The van der Waals surface area contributed by atoms with E-state index in [1.807, 2.05) is 6.07 Å². The number of nitrogens with zero attached hydrogens (tertiary/aromatic N) is 1. The predicted molar refractivity (Wildman–Crippen MR) is 80.6 cm³/mol. The summed E-state index contributed by atoms with van der Waals surface area (Å²) in [6.07, 6.45) is 3.65. The van der Waals surface area contributed by atoms with E-state index in [0.717, 1.165) is 18.5 Å². The second-order valence-electron chi connectivity index (χ2n) is 5.34. The van der Waals surface area contributed by atoms with Crippen molar-refractivity contribution >= 4 is 17.2 Å². The molecule has 2 N–H and O–H groups in total. The molecule has 0 aromatic heterocycles. The summed E-state index contributed by atoms with van der Waals surface area (Å²) in [5, 5.41) is 0. The van der Waals surface area contributed by atoms with E-state index in [-0.39, 0.29) is 10.8 Å². The molecule has 2 atom stereocenters. The van der Waals surface area contributed by atoms with Crippen LogP contribution < -0.4 is 5.73 Å². The maximum Gasteiger partial charge on any atom is 0.133 e. The fraction of sp³-hybridized carbons (Fsp3) is 0.533. The maximum atomic E-state index is 13.6. The number of hydrogen-bond donors (Lipinski definition) is 1. The van der Waals surface area contributed by atoms with E-state index >= 15 is 0 Å². The summed E-state index contributed by atoms with van der Waals surface area (Å²) in [6, 6.07) is 6.30. The summed E-state index contributed by atoms with van der Waals surface area (Å²) in [4.78, 5) is 2.62. The molecule has 1 saturated heterocycles. The average molecular weight is 280 g/mol. The van der Waals surface area contributed by atoms with Gasteiger partial charge in [0.1, 0.15) is 10.8 Å². The van der Waals surface area contributed by atoms with Crippen molar-refractivity contribution < 1.29 is 4.39 Å². The lowest BCUT2D eigenvalue weighted by molar-refractivity contribution is 0.189. The van der Waals surface area contributed by atoms with Crippen LogP contribution in [0.25, 0.3) is 0 Å². The van der Waals surface area contributed by atoms with Gasteiger partial charge in [-0.25, -0.2) is 4.39 Å². The third kappa shape index (κ3) is 3.12. The molecule has 2 rings (SSSR count). The standard InChI is InChI=1S/C15H21FN2S/c1-3-12-6-4-10(2)18(12)9-11-5-7-14(16)13(8-11)15(17)19/h5,7-8,10,12H,3-4,6,9H2,1-2H3,(H2,17,19). The molecule has 0 aliphatic carbocycles. The third-order valence-electron chi connectivity index (χ3n) is 4.09. The van der Waals surface area contributed by atoms with Crippen LogP contribution in [0.4, 0.5) is 4.39 Å². The van der Waals surface area contributed by atoms with Gasteiger partial charge >= 0.3 is 0 Å². The van der Waals surface area contributed by atoms with Crippen molar-refractivity contribution in [3.63, 3.8) is 0 Å². The summed E-state index contributed by atoms with van der Waals surface area (Å²) in [6.45, 7) is 5.32. The Labute approximate surface area is 119 Å². The van der Waals surface area contributed by atoms with Gasteiger partial charge in [-0.3, -0.25) is 4.90 Å². The van der Waals surface area contributed by atoms with Crippen LogP contribution in [0.3, 0.4) is 0 Å². The Morgan fingerprint density at radius 2 is 2.21 bits per heavy atom. The van der Waals surface area contributed by atoms with Crippen molar-refractivity contribution in [1.82, 2.24) is 4.90 Å². The van der Waals surface area contributed by atoms with E-state index in [9.17, 15) is 4.39 Å². The van der Waals surface area contributed by atoms with Crippen molar-refractivity contribution in [3.8, 4) is 0 Å². The van der Waals surface area contributed by atoms with Gasteiger partial charge in [0.2, 0.25) is 0 Å². The van der Waals surface area contributed by atoms with Crippen molar-refractivity contribution in [1.29, 1.82) is 0 Å². The number of rotatable bonds is 4. The maximum absolute atomic E-state index is 13.6. The molecule has 4 heteroatoms. The predicted octanol–water partition coefficient (Wildman–Crippen LogP) is 3.22. The number of likely N-dealkylation sites (tertiary alicyclic amines) is 1. The minimum absolute atomic E-state index is 0.126. The number of thiocarbonyl (C=S) groups is 1. The first-order valence-electron chi connectivity index (χ1n) is 6.87. The Morgan fingerprint density at radius 1 is 1.47 bits per heavy atom. The second kappa shape index (κ2) is 5.97. The van der Waals surface area contributed by atoms with Gasteiger partial charge in [-0.1, -0.05) is 25.2 Å². The van der Waals surface area contributed by atoms with Crippen LogP contribution in [0.1, 0.15) is 44.2 Å². The van der Waals surface area contributed by atoms with E-state index in [0.29, 0.717) is 17.6 Å². The molecular formula is C15H21FN2S. The van der Waals surface area contributed by atoms with Crippen LogP contribution >= 0.6 is 12.2 Å². The molecule has 0 spiro atoms. The highest BCUT2D eigenvalue weighted by Crippen LogP contribution is 2.28. The molecule has 1 aliphatic heterocycles. The van der Waals surface area contributed by atoms with E-state index < -0.39 is 0 Å². The first-order chi connectivity index (χ1) is 9.02. The minimum Gasteiger partial charge on any atom is -0.389 e. The molecule has 19 heavy (non-hydrogen) atoms. The molecule has 0 radical (unpaired) electrons. The van der Waals surface area contributed by atoms with E-state index in [1.54, 1.807) is 6.07 Å². The Balaban J connectivity index is 2.19. The largest absolute Gasteiger partial charge is 0.389 e. The van der Waals surface area contributed by atoms with Crippen LogP contribution in [0, 0.1) is 5.82 Å². The molecule has 104 valence electrons. The van der Waals surface area contributed by atoms with E-state index in [1.165, 1.54) is 18.9 Å². The van der Waals surface area contributed by atoms with Crippen molar-refractivity contribution in [2.45, 2.75) is 51.7 Å². The summed E-state index contributed by atoms with van der Waals surface area (Å²) in [5.41, 5.74) is 6.98. The van der Waals surface area contributed by atoms with Crippen molar-refractivity contribution in [3.05, 3.63) is 35.1 Å². The summed E-state index contributed by atoms with van der Waals surface area (Å²) in [7, 11) is 0. The Hall–Kier alpha value is -1.00. The molecular weight excluding hydrogens is 259 g/mol. The van der Waals surface area contributed by atoms with Crippen molar-refractivity contribution in [2.75, 3.05) is 0 Å². The van der Waals surface area contributed by atoms with Crippen LogP contribution in [0.5, 0.6) is 0 Å². The molecule has 2 unspecified atom stereocenters. The van der Waals surface area contributed by atoms with Crippen LogP contribution in [0.15, 0.2) is 18.2 Å². The second-order valence-corrected chi connectivity index (χ2v) is 5.78. The van der Waals surface area contributed by atoms with Crippen LogP contribution in [-0.2, 0) is 6.54 Å². The molecule has 0 bridgehead atoms. The van der Waals surface area contributed by atoms with E-state index in [4.69, 9.17) is 18.0 Å². The van der Waals surface area contributed by atoms with Gasteiger partial charge < -0.3 is 5.73 Å². The molecule has 1 aliphatic rings. The fourth-order valence-electron chi connectivity index (χ4n) is 2.92. The Bertz CT molecular complexity index is 475. The minimum atomic E-state index is -0.335. The molecule has 1 fully saturated rings. The number of hydrogen-bond acceptors (Lipinski definition) is 2. The van der Waals surface area contributed by atoms with Gasteiger partial charge in [0.05, 0.1) is 0 Å². The Morgan fingerprint density at radius 3 is 2.84 bits per heavy atom. The third-order valence-corrected chi connectivity index (χ3v) is 4.31. The molecule has 1 aromatic rings. The Kier molecular flexibility index (Phi) is 4.53. The quantitative estimate of drug-likeness (QED) is 0.859. The van der Waals surface area contributed by atoms with Crippen LogP contribution in [0.2, 0.25) is 0 Å². The molecule has 1 aromatic carbocycles. The number of nitrogens with two attached hydrogens (primary N) is 1. The zero-order valence-electron chi connectivity index (χ0n) is 11.5. The number of benzene rings is 1. The SMILES string of the molecule is CCC1CCC(C)N1Cc1ccc(F)c(C(N)=S)c1. The first-order valence-corrected chi connectivity index (χ1v) is 7.27. The highest BCUT2D eigenvalue weighted by Gasteiger charge is 2.29. The van der Waals surface area contributed by atoms with Gasteiger partial charge in [-0.2, -0.15) is 0 Å².